The lowest BCUT2D eigenvalue weighted by Crippen LogP contribution is -2.61. The second kappa shape index (κ2) is 12.3. The summed E-state index contributed by atoms with van der Waals surface area (Å²) in [4.78, 5) is 51.4. The van der Waals surface area contributed by atoms with Crippen LogP contribution < -0.4 is 16.4 Å². The van der Waals surface area contributed by atoms with Crippen LogP contribution in [-0.4, -0.2) is 78.5 Å². The van der Waals surface area contributed by atoms with Gasteiger partial charge in [0.2, 0.25) is 0 Å². The van der Waals surface area contributed by atoms with E-state index in [9.17, 15) is 19.2 Å². The summed E-state index contributed by atoms with van der Waals surface area (Å²) in [6.45, 7) is 11.9. The highest BCUT2D eigenvalue weighted by Gasteiger charge is 2.45. The van der Waals surface area contributed by atoms with Crippen molar-refractivity contribution < 1.29 is 33.4 Å². The lowest BCUT2D eigenvalue weighted by atomic mass is 9.87. The van der Waals surface area contributed by atoms with E-state index in [2.05, 4.69) is 10.6 Å². The van der Waals surface area contributed by atoms with E-state index in [-0.39, 0.29) is 19.3 Å². The number of likely N-dealkylation sites (tertiary alicyclic amines) is 1. The minimum atomic E-state index is -1.36. The number of unbranched alkanes of at least 4 members (excludes halogenated alkanes) is 1. The largest absolute Gasteiger partial charge is 0.444 e. The highest BCUT2D eigenvalue weighted by molar-refractivity contribution is 5.95. The Morgan fingerprint density at radius 3 is 2.00 bits per heavy atom. The molecule has 1 aliphatic rings. The smallest absolute Gasteiger partial charge is 0.408 e. The summed E-state index contributed by atoms with van der Waals surface area (Å²) in [6, 6.07) is -1.00. The van der Waals surface area contributed by atoms with Gasteiger partial charge in [0.25, 0.3) is 0 Å². The molecule has 1 heterocycles. The average molecular weight is 487 g/mol. The first-order valence-electron chi connectivity index (χ1n) is 11.7. The summed E-state index contributed by atoms with van der Waals surface area (Å²) < 4.78 is 15.5. The number of carbonyl (C=O) groups excluding carboxylic acids is 4. The summed E-state index contributed by atoms with van der Waals surface area (Å²) in [7, 11) is 1.90. The quantitative estimate of drug-likeness (QED) is 0.203. The zero-order chi connectivity index (χ0) is 26.2. The van der Waals surface area contributed by atoms with Gasteiger partial charge in [-0.2, -0.15) is 0 Å². The maximum Gasteiger partial charge on any atom is 0.408 e. The van der Waals surface area contributed by atoms with Crippen molar-refractivity contribution in [2.24, 2.45) is 5.73 Å². The lowest BCUT2D eigenvalue weighted by molar-refractivity contribution is -0.167. The van der Waals surface area contributed by atoms with Gasteiger partial charge in [0, 0.05) is 19.6 Å². The molecule has 1 atom stereocenters. The van der Waals surface area contributed by atoms with Crippen LogP contribution in [0.2, 0.25) is 0 Å². The Morgan fingerprint density at radius 1 is 0.941 bits per heavy atom. The summed E-state index contributed by atoms with van der Waals surface area (Å²) in [5, 5.41) is 5.26. The minimum Gasteiger partial charge on any atom is -0.444 e. The Labute approximate surface area is 202 Å². The molecule has 1 saturated heterocycles. The number of carbonyl (C=O) groups is 4. The van der Waals surface area contributed by atoms with Crippen LogP contribution in [0.1, 0.15) is 73.6 Å². The van der Waals surface area contributed by atoms with Crippen molar-refractivity contribution in [1.82, 2.24) is 15.5 Å². The van der Waals surface area contributed by atoms with Crippen LogP contribution in [0.3, 0.4) is 0 Å². The number of hydrogen-bond donors (Lipinski definition) is 3. The molecule has 0 bridgehead atoms. The number of nitrogens with zero attached hydrogens (tertiary/aromatic N) is 1. The van der Waals surface area contributed by atoms with Crippen LogP contribution in [0.4, 0.5) is 9.59 Å². The Balaban J connectivity index is 2.56. The van der Waals surface area contributed by atoms with Gasteiger partial charge in [-0.05, 0) is 80.7 Å². The number of piperidine rings is 1. The Morgan fingerprint density at radius 2 is 1.47 bits per heavy atom. The second-order valence-corrected chi connectivity index (χ2v) is 10.8. The number of rotatable bonds is 8. The van der Waals surface area contributed by atoms with Gasteiger partial charge in [-0.1, -0.05) is 0 Å². The molecule has 34 heavy (non-hydrogen) atoms. The van der Waals surface area contributed by atoms with Crippen LogP contribution in [0.5, 0.6) is 0 Å². The highest BCUT2D eigenvalue weighted by Crippen LogP contribution is 2.25. The van der Waals surface area contributed by atoms with Gasteiger partial charge >= 0.3 is 24.1 Å². The van der Waals surface area contributed by atoms with Gasteiger partial charge in [0.1, 0.15) is 22.8 Å². The van der Waals surface area contributed by atoms with E-state index >= 15 is 0 Å². The van der Waals surface area contributed by atoms with Crippen molar-refractivity contribution >= 4 is 24.1 Å². The van der Waals surface area contributed by atoms with Crippen LogP contribution in [-0.2, 0) is 23.8 Å². The molecule has 0 aromatic carbocycles. The molecule has 196 valence electrons. The van der Waals surface area contributed by atoms with Crippen molar-refractivity contribution in [2.45, 2.75) is 96.4 Å². The first-order chi connectivity index (χ1) is 15.5. The van der Waals surface area contributed by atoms with E-state index in [0.29, 0.717) is 32.5 Å². The molecule has 0 spiro atoms. The van der Waals surface area contributed by atoms with Crippen molar-refractivity contribution in [3.8, 4) is 0 Å². The number of amides is 2. The first-order valence-corrected chi connectivity index (χ1v) is 11.7. The molecule has 11 heteroatoms. The number of esters is 2. The van der Waals surface area contributed by atoms with Gasteiger partial charge in [0.15, 0.2) is 0 Å². The van der Waals surface area contributed by atoms with Crippen LogP contribution in [0.15, 0.2) is 0 Å². The molecule has 0 aromatic heterocycles. The van der Waals surface area contributed by atoms with Crippen molar-refractivity contribution in [3.63, 3.8) is 0 Å². The van der Waals surface area contributed by atoms with Crippen LogP contribution in [0.25, 0.3) is 0 Å². The summed E-state index contributed by atoms with van der Waals surface area (Å²) in [6.07, 6.45) is 0.681. The SMILES string of the molecule is CN1CCC(NC(=O)OC(C)(C)C)(C(=O)OC(=O)[C@H](N)CCCCNC(=O)OC(C)(C)C)CC1. The molecule has 0 aromatic rings. The third-order valence-corrected chi connectivity index (χ3v) is 5.08. The molecular formula is C23H42N4O7. The number of hydrogen-bond acceptors (Lipinski definition) is 9. The third-order valence-electron chi connectivity index (χ3n) is 5.08. The molecule has 0 unspecified atom stereocenters. The first kappa shape index (κ1) is 29.6. The molecule has 0 saturated carbocycles. The lowest BCUT2D eigenvalue weighted by Gasteiger charge is -2.39. The van der Waals surface area contributed by atoms with Gasteiger partial charge < -0.3 is 35.5 Å². The monoisotopic (exact) mass is 486 g/mol. The van der Waals surface area contributed by atoms with E-state index in [0.717, 1.165) is 0 Å². The molecule has 1 fully saturated rings. The molecule has 2 amide bonds. The fraction of sp³-hybridized carbons (Fsp3) is 0.826. The van der Waals surface area contributed by atoms with Gasteiger partial charge in [-0.15, -0.1) is 0 Å². The molecule has 4 N–H and O–H groups in total. The van der Waals surface area contributed by atoms with Gasteiger partial charge in [-0.25, -0.2) is 19.2 Å². The number of nitrogens with two attached hydrogens (primary N) is 1. The zero-order valence-corrected chi connectivity index (χ0v) is 21.6. The van der Waals surface area contributed by atoms with E-state index in [1.54, 1.807) is 41.5 Å². The fourth-order valence-corrected chi connectivity index (χ4v) is 3.26. The molecule has 1 aliphatic heterocycles. The highest BCUT2D eigenvalue weighted by atomic mass is 16.6. The maximum absolute atomic E-state index is 13.0. The molecule has 0 aliphatic carbocycles. The van der Waals surface area contributed by atoms with Crippen molar-refractivity contribution in [1.29, 1.82) is 0 Å². The number of nitrogens with one attached hydrogen (secondary N) is 2. The standard InChI is InChI=1S/C23H42N4O7/c1-21(2,3)33-19(30)25-13-9-8-10-16(24)17(28)32-18(29)23(11-14-27(7)15-12-23)26-20(31)34-22(4,5)6/h16H,8-15,24H2,1-7H3,(H,25,30)(H,26,31)/t16-/m1/s1. The Kier molecular flexibility index (Phi) is 10.8. The minimum absolute atomic E-state index is 0.275. The predicted molar refractivity (Wildman–Crippen MR) is 126 cm³/mol. The Bertz CT molecular complexity index is 720. The summed E-state index contributed by atoms with van der Waals surface area (Å²) in [5.74, 6) is -1.69. The second-order valence-electron chi connectivity index (χ2n) is 10.8. The average Bonchev–Trinajstić information content (AvgIpc) is 2.66. The predicted octanol–water partition coefficient (Wildman–Crippen LogP) is 2.07. The van der Waals surface area contributed by atoms with Crippen molar-refractivity contribution in [3.05, 3.63) is 0 Å². The maximum atomic E-state index is 13.0. The fourth-order valence-electron chi connectivity index (χ4n) is 3.26. The topological polar surface area (TPSA) is 149 Å². The zero-order valence-electron chi connectivity index (χ0n) is 21.6. The van der Waals surface area contributed by atoms with E-state index in [4.69, 9.17) is 19.9 Å². The normalized spacial score (nSPS) is 17.3. The number of ether oxygens (including phenoxy) is 3. The molecule has 0 radical (unpaired) electrons. The van der Waals surface area contributed by atoms with E-state index in [1.165, 1.54) is 0 Å². The van der Waals surface area contributed by atoms with Crippen LogP contribution in [0, 0.1) is 0 Å². The van der Waals surface area contributed by atoms with Crippen LogP contribution >= 0.6 is 0 Å². The molecule has 11 nitrogen and oxygen atoms in total. The molecular weight excluding hydrogens is 444 g/mol. The number of alkyl carbamates (subject to hydrolysis) is 2. The summed E-state index contributed by atoms with van der Waals surface area (Å²) >= 11 is 0. The van der Waals surface area contributed by atoms with E-state index in [1.807, 2.05) is 11.9 Å². The van der Waals surface area contributed by atoms with Crippen molar-refractivity contribution in [2.75, 3.05) is 26.7 Å². The van der Waals surface area contributed by atoms with Gasteiger partial charge in [0.05, 0.1) is 0 Å². The third kappa shape index (κ3) is 11.1. The summed E-state index contributed by atoms with van der Waals surface area (Å²) in [5.41, 5.74) is 3.24. The molecule has 1 rings (SSSR count). The Hall–Kier alpha value is -2.40. The van der Waals surface area contributed by atoms with Gasteiger partial charge in [-0.3, -0.25) is 0 Å². The van der Waals surface area contributed by atoms with E-state index < -0.39 is 46.9 Å².